The molecule has 2 fully saturated rings. The van der Waals surface area contributed by atoms with Crippen LogP contribution in [0.1, 0.15) is 54.4 Å². The molecule has 1 N–H and O–H groups in total. The first-order valence-electron chi connectivity index (χ1n) is 12.1. The van der Waals surface area contributed by atoms with Crippen molar-refractivity contribution in [2.75, 3.05) is 39.9 Å². The lowest BCUT2D eigenvalue weighted by Gasteiger charge is -2.45. The molecule has 0 aliphatic carbocycles. The second-order valence-electron chi connectivity index (χ2n) is 9.76. The molecule has 1 aromatic carbocycles. The molecule has 2 aliphatic heterocycles. The summed E-state index contributed by atoms with van der Waals surface area (Å²) in [4.78, 5) is 17.3. The van der Waals surface area contributed by atoms with Gasteiger partial charge in [0.1, 0.15) is 11.3 Å². The molecular weight excluding hydrogens is 404 g/mol. The minimum Gasteiger partial charge on any atom is -0.507 e. The number of hydrogen-bond donors (Lipinski definition) is 1. The van der Waals surface area contributed by atoms with Crippen molar-refractivity contribution in [3.63, 3.8) is 0 Å². The summed E-state index contributed by atoms with van der Waals surface area (Å²) in [7, 11) is 1.74. The van der Waals surface area contributed by atoms with Gasteiger partial charge in [-0.1, -0.05) is 6.42 Å². The number of aryl methyl sites for hydroxylation is 2. The summed E-state index contributed by atoms with van der Waals surface area (Å²) in [6.07, 6.45) is 6.52. The Bertz CT molecular complexity index is 1010. The first-order valence-corrected chi connectivity index (χ1v) is 12.1. The van der Waals surface area contributed by atoms with Gasteiger partial charge in [0.15, 0.2) is 0 Å². The van der Waals surface area contributed by atoms with Crippen molar-refractivity contribution in [1.82, 2.24) is 9.80 Å². The van der Waals surface area contributed by atoms with Gasteiger partial charge in [0.05, 0.1) is 12.0 Å². The quantitative estimate of drug-likeness (QED) is 0.650. The number of ether oxygens (including phenoxy) is 1. The normalized spacial score (nSPS) is 21.9. The molecule has 0 bridgehead atoms. The topological polar surface area (TPSA) is 66.1 Å². The van der Waals surface area contributed by atoms with Crippen LogP contribution < -0.4 is 5.63 Å². The minimum atomic E-state index is -0.336. The molecule has 2 aromatic rings. The molecular formula is C26H38N2O4. The van der Waals surface area contributed by atoms with Crippen molar-refractivity contribution in [2.45, 2.75) is 65.5 Å². The highest BCUT2D eigenvalue weighted by atomic mass is 16.5. The molecule has 0 saturated carbocycles. The zero-order valence-electron chi connectivity index (χ0n) is 20.1. The molecule has 6 nitrogen and oxygen atoms in total. The van der Waals surface area contributed by atoms with Crippen molar-refractivity contribution < 1.29 is 14.3 Å². The van der Waals surface area contributed by atoms with E-state index in [1.807, 2.05) is 19.9 Å². The third-order valence-corrected chi connectivity index (χ3v) is 7.75. The first-order chi connectivity index (χ1) is 15.4. The largest absolute Gasteiger partial charge is 0.507 e. The predicted octanol–water partition coefficient (Wildman–Crippen LogP) is 4.14. The molecule has 6 heteroatoms. The molecule has 2 atom stereocenters. The number of phenols is 1. The summed E-state index contributed by atoms with van der Waals surface area (Å²) < 4.78 is 10.9. The highest BCUT2D eigenvalue weighted by molar-refractivity contribution is 5.89. The monoisotopic (exact) mass is 442 g/mol. The van der Waals surface area contributed by atoms with Crippen molar-refractivity contribution in [3.05, 3.63) is 38.7 Å². The average Bonchev–Trinajstić information content (AvgIpc) is 2.78. The standard InChI is InChI=1S/C26H38N2O4/c1-17-14-23-24(18(2)19(3)26(30)32-23)25(29)21(17)16-27(12-13-31-4)15-20-8-7-11-28-10-6-5-9-22(20)28/h14,20,22,29H,5-13,15-16H2,1-4H3. The van der Waals surface area contributed by atoms with E-state index < -0.39 is 0 Å². The molecule has 0 amide bonds. The van der Waals surface area contributed by atoms with Gasteiger partial charge in [0, 0.05) is 43.9 Å². The van der Waals surface area contributed by atoms with Gasteiger partial charge in [-0.05, 0) is 82.7 Å². The van der Waals surface area contributed by atoms with E-state index in [1.54, 1.807) is 14.0 Å². The second kappa shape index (κ2) is 9.94. The molecule has 0 radical (unpaired) electrons. The van der Waals surface area contributed by atoms with Crippen LogP contribution in [0.15, 0.2) is 15.3 Å². The van der Waals surface area contributed by atoms with Gasteiger partial charge in [0.25, 0.3) is 0 Å². The van der Waals surface area contributed by atoms with Gasteiger partial charge in [0.2, 0.25) is 0 Å². The van der Waals surface area contributed by atoms with E-state index in [4.69, 9.17) is 9.15 Å². The average molecular weight is 443 g/mol. The van der Waals surface area contributed by atoms with Crippen LogP contribution in [0.3, 0.4) is 0 Å². The molecule has 4 rings (SSSR count). The third kappa shape index (κ3) is 4.59. The Balaban J connectivity index is 1.63. The van der Waals surface area contributed by atoms with Crippen LogP contribution in [0.4, 0.5) is 0 Å². The maximum absolute atomic E-state index is 12.1. The molecule has 32 heavy (non-hydrogen) atoms. The number of hydrogen-bond acceptors (Lipinski definition) is 6. The fraction of sp³-hybridized carbons (Fsp3) is 0.654. The van der Waals surface area contributed by atoms with E-state index >= 15 is 0 Å². The SMILES string of the molecule is COCCN(Cc1c(C)cc2oc(=O)c(C)c(C)c2c1O)CC1CCCN2CCCCC12. The molecule has 2 unspecified atom stereocenters. The Hall–Kier alpha value is -1.89. The Morgan fingerprint density at radius 2 is 1.94 bits per heavy atom. The van der Waals surface area contributed by atoms with Gasteiger partial charge in [-0.25, -0.2) is 4.79 Å². The van der Waals surface area contributed by atoms with E-state index in [-0.39, 0.29) is 11.4 Å². The highest BCUT2D eigenvalue weighted by Gasteiger charge is 2.34. The van der Waals surface area contributed by atoms with Crippen molar-refractivity contribution in [2.24, 2.45) is 5.92 Å². The zero-order chi connectivity index (χ0) is 22.8. The van der Waals surface area contributed by atoms with Gasteiger partial charge in [-0.15, -0.1) is 0 Å². The predicted molar refractivity (Wildman–Crippen MR) is 127 cm³/mol. The summed E-state index contributed by atoms with van der Waals surface area (Å²) in [6.45, 7) is 11.3. The maximum atomic E-state index is 12.1. The third-order valence-electron chi connectivity index (χ3n) is 7.75. The van der Waals surface area contributed by atoms with Crippen molar-refractivity contribution in [3.8, 4) is 5.75 Å². The van der Waals surface area contributed by atoms with Crippen LogP contribution in [-0.4, -0.2) is 60.8 Å². The van der Waals surface area contributed by atoms with E-state index in [2.05, 4.69) is 9.80 Å². The van der Waals surface area contributed by atoms with Crippen molar-refractivity contribution >= 4 is 11.0 Å². The number of benzene rings is 1. The van der Waals surface area contributed by atoms with Gasteiger partial charge in [-0.3, -0.25) is 4.90 Å². The van der Waals surface area contributed by atoms with Gasteiger partial charge < -0.3 is 19.2 Å². The molecule has 2 saturated heterocycles. The van der Waals surface area contributed by atoms with E-state index in [9.17, 15) is 9.90 Å². The number of aromatic hydroxyl groups is 1. The first kappa shape index (κ1) is 23.3. The smallest absolute Gasteiger partial charge is 0.339 e. The second-order valence-corrected chi connectivity index (χ2v) is 9.76. The number of nitrogens with zero attached hydrogens (tertiary/aromatic N) is 2. The minimum absolute atomic E-state index is 0.245. The van der Waals surface area contributed by atoms with Crippen LogP contribution in [0.2, 0.25) is 0 Å². The lowest BCUT2D eigenvalue weighted by molar-refractivity contribution is 0.0335. The fourth-order valence-corrected chi connectivity index (χ4v) is 5.77. The summed E-state index contributed by atoms with van der Waals surface area (Å²) in [6, 6.07) is 2.59. The fourth-order valence-electron chi connectivity index (χ4n) is 5.77. The number of methoxy groups -OCH3 is 1. The van der Waals surface area contributed by atoms with Crippen LogP contribution in [0.25, 0.3) is 11.0 Å². The molecule has 0 spiro atoms. The van der Waals surface area contributed by atoms with Crippen molar-refractivity contribution in [1.29, 1.82) is 0 Å². The van der Waals surface area contributed by atoms with E-state index in [0.717, 1.165) is 29.8 Å². The van der Waals surface area contributed by atoms with Gasteiger partial charge in [-0.2, -0.15) is 0 Å². The molecule has 2 aliphatic rings. The Morgan fingerprint density at radius 1 is 1.16 bits per heavy atom. The molecule has 1 aromatic heterocycles. The van der Waals surface area contributed by atoms with Gasteiger partial charge >= 0.3 is 5.63 Å². The summed E-state index contributed by atoms with van der Waals surface area (Å²) in [5.74, 6) is 0.903. The zero-order valence-corrected chi connectivity index (χ0v) is 20.1. The Labute approximate surface area is 191 Å². The summed E-state index contributed by atoms with van der Waals surface area (Å²) >= 11 is 0. The maximum Gasteiger partial charge on any atom is 0.339 e. The summed E-state index contributed by atoms with van der Waals surface area (Å²) in [5, 5.41) is 11.9. The van der Waals surface area contributed by atoms with Crippen LogP contribution in [0.5, 0.6) is 5.75 Å². The number of piperidine rings is 2. The lowest BCUT2D eigenvalue weighted by atomic mass is 9.83. The number of phenolic OH excluding ortho intramolecular Hbond substituents is 1. The Morgan fingerprint density at radius 3 is 2.72 bits per heavy atom. The van der Waals surface area contributed by atoms with E-state index in [1.165, 1.54) is 45.2 Å². The van der Waals surface area contributed by atoms with Crippen LogP contribution in [-0.2, 0) is 11.3 Å². The number of rotatable bonds is 7. The summed E-state index contributed by atoms with van der Waals surface area (Å²) in [5.41, 5.74) is 3.35. The highest BCUT2D eigenvalue weighted by Crippen LogP contribution is 2.36. The number of fused-ring (bicyclic) bond motifs is 2. The molecule has 176 valence electrons. The Kier molecular flexibility index (Phi) is 7.23. The lowest BCUT2D eigenvalue weighted by Crippen LogP contribution is -2.51. The van der Waals surface area contributed by atoms with Crippen LogP contribution in [0, 0.1) is 26.7 Å². The van der Waals surface area contributed by atoms with Crippen LogP contribution >= 0.6 is 0 Å². The molecule has 3 heterocycles. The van der Waals surface area contributed by atoms with E-state index in [0.29, 0.717) is 41.6 Å².